The number of ether oxygens (including phenoxy) is 1. The molecule has 0 aliphatic carbocycles. The predicted octanol–water partition coefficient (Wildman–Crippen LogP) is 3.30. The van der Waals surface area contributed by atoms with Gasteiger partial charge in [0.2, 0.25) is 0 Å². The third-order valence-corrected chi connectivity index (χ3v) is 5.01. The Morgan fingerprint density at radius 2 is 1.88 bits per heavy atom. The van der Waals surface area contributed by atoms with E-state index in [0.29, 0.717) is 47.3 Å². The van der Waals surface area contributed by atoms with Crippen LogP contribution in [0.15, 0.2) is 53.6 Å². The van der Waals surface area contributed by atoms with Crippen molar-refractivity contribution in [1.82, 2.24) is 20.0 Å². The van der Waals surface area contributed by atoms with Gasteiger partial charge < -0.3 is 20.9 Å². The number of phenolic OH excluding ortho intramolecular Hbond substituents is 1. The van der Waals surface area contributed by atoms with Crippen LogP contribution in [0.5, 0.6) is 5.75 Å². The topological polar surface area (TPSA) is 128 Å². The first-order valence-electron chi connectivity index (χ1n) is 10.7. The van der Waals surface area contributed by atoms with E-state index in [1.54, 1.807) is 24.3 Å². The van der Waals surface area contributed by atoms with E-state index in [1.165, 1.54) is 10.9 Å². The van der Waals surface area contributed by atoms with E-state index in [2.05, 4.69) is 20.4 Å². The van der Waals surface area contributed by atoms with Crippen LogP contribution in [0.3, 0.4) is 0 Å². The van der Waals surface area contributed by atoms with E-state index in [1.807, 2.05) is 38.1 Å². The van der Waals surface area contributed by atoms with Crippen molar-refractivity contribution >= 4 is 40.1 Å². The number of carbonyl (C=O) groups excluding carboxylic acids is 1. The van der Waals surface area contributed by atoms with Gasteiger partial charge in [0, 0.05) is 18.7 Å². The van der Waals surface area contributed by atoms with Gasteiger partial charge in [-0.3, -0.25) is 4.79 Å². The Bertz CT molecular complexity index is 1330. The maximum absolute atomic E-state index is 13.0. The quantitative estimate of drug-likeness (QED) is 0.281. The van der Waals surface area contributed by atoms with E-state index < -0.39 is 0 Å². The van der Waals surface area contributed by atoms with Gasteiger partial charge in [0.1, 0.15) is 22.6 Å². The molecule has 33 heavy (non-hydrogen) atoms. The minimum atomic E-state index is -0.358. The van der Waals surface area contributed by atoms with Crippen LogP contribution < -0.4 is 11.1 Å². The molecule has 2 aromatic carbocycles. The summed E-state index contributed by atoms with van der Waals surface area (Å²) in [4.78, 5) is 22.3. The molecule has 170 valence electrons. The molecule has 0 radical (unpaired) electrons. The fourth-order valence-corrected chi connectivity index (χ4v) is 3.39. The van der Waals surface area contributed by atoms with Crippen molar-refractivity contribution in [2.75, 3.05) is 18.9 Å². The summed E-state index contributed by atoms with van der Waals surface area (Å²) in [6.45, 7) is 4.91. The molecule has 0 aliphatic rings. The smallest absolute Gasteiger partial charge is 0.257 e. The largest absolute Gasteiger partial charge is 0.507 e. The normalized spacial score (nSPS) is 11.7. The van der Waals surface area contributed by atoms with Crippen molar-refractivity contribution in [3.05, 3.63) is 59.7 Å². The fourth-order valence-electron chi connectivity index (χ4n) is 3.39. The van der Waals surface area contributed by atoms with Gasteiger partial charge in [-0.05, 0) is 44.5 Å². The number of nitrogens with two attached hydrogens (primary N) is 1. The number of nitrogens with zero attached hydrogens (tertiary/aromatic N) is 4. The van der Waals surface area contributed by atoms with Crippen LogP contribution in [0.4, 0.5) is 5.82 Å². The minimum absolute atomic E-state index is 0.0781. The number of carbonyl (C=O) groups is 1. The van der Waals surface area contributed by atoms with Crippen molar-refractivity contribution < 1.29 is 14.6 Å². The van der Waals surface area contributed by atoms with Gasteiger partial charge >= 0.3 is 0 Å². The number of amides is 1. The Labute approximate surface area is 190 Å². The van der Waals surface area contributed by atoms with Gasteiger partial charge in [-0.25, -0.2) is 9.97 Å². The lowest BCUT2D eigenvalue weighted by molar-refractivity contribution is 0.0757. The van der Waals surface area contributed by atoms with Crippen molar-refractivity contribution in [3.8, 4) is 5.75 Å². The van der Waals surface area contributed by atoms with Gasteiger partial charge in [-0.15, -0.1) is 0 Å². The second kappa shape index (κ2) is 9.66. The number of phenols is 1. The molecule has 4 aromatic rings. The van der Waals surface area contributed by atoms with Crippen LogP contribution in [0.25, 0.3) is 22.2 Å². The zero-order valence-electron chi connectivity index (χ0n) is 18.5. The Hall–Kier alpha value is -3.98. The third kappa shape index (κ3) is 4.78. The number of nitrogens with one attached hydrogen (secondary N) is 1. The lowest BCUT2D eigenvalue weighted by Gasteiger charge is -2.08. The van der Waals surface area contributed by atoms with Crippen molar-refractivity contribution in [3.63, 3.8) is 0 Å². The number of anilines is 1. The Balaban J connectivity index is 1.73. The maximum atomic E-state index is 13.0. The highest BCUT2D eigenvalue weighted by Crippen LogP contribution is 2.28. The molecule has 4 rings (SSSR count). The third-order valence-electron chi connectivity index (χ3n) is 5.01. The molecule has 0 fully saturated rings. The van der Waals surface area contributed by atoms with Gasteiger partial charge in [0.25, 0.3) is 5.91 Å². The number of para-hydroxylation sites is 3. The lowest BCUT2D eigenvalue weighted by atomic mass is 10.2. The van der Waals surface area contributed by atoms with Gasteiger partial charge in [-0.1, -0.05) is 24.3 Å². The number of rotatable bonds is 8. The second-order valence-corrected chi connectivity index (χ2v) is 7.79. The van der Waals surface area contributed by atoms with Gasteiger partial charge in [0.05, 0.1) is 23.4 Å². The molecule has 9 nitrogen and oxygen atoms in total. The molecule has 0 unspecified atom stereocenters. The molecule has 2 aromatic heterocycles. The molecule has 0 atom stereocenters. The second-order valence-electron chi connectivity index (χ2n) is 7.79. The van der Waals surface area contributed by atoms with E-state index >= 15 is 0 Å². The molecule has 0 aliphatic heterocycles. The standard InChI is InChI=1S/C24H26N6O3/c1-15(2)33-13-7-12-26-24(32)20-21-23(29-18-10-5-4-9-17(18)28-21)30(22(20)25)27-14-16-8-3-6-11-19(16)31/h3-6,8-11,14-15,31H,7,12-13,25H2,1-2H3,(H,26,32)/b27-14-. The highest BCUT2D eigenvalue weighted by molar-refractivity contribution is 6.10. The maximum Gasteiger partial charge on any atom is 0.257 e. The summed E-state index contributed by atoms with van der Waals surface area (Å²) >= 11 is 0. The summed E-state index contributed by atoms with van der Waals surface area (Å²) in [5.74, 6) is -0.166. The van der Waals surface area contributed by atoms with Crippen LogP contribution in [0.1, 0.15) is 36.2 Å². The van der Waals surface area contributed by atoms with E-state index in [9.17, 15) is 9.90 Å². The van der Waals surface area contributed by atoms with Crippen LogP contribution in [-0.2, 0) is 4.74 Å². The average Bonchev–Trinajstić information content (AvgIpc) is 3.06. The van der Waals surface area contributed by atoms with E-state index in [0.717, 1.165) is 0 Å². The molecule has 0 saturated heterocycles. The number of hydrogen-bond acceptors (Lipinski definition) is 7. The summed E-state index contributed by atoms with van der Waals surface area (Å²) in [6.07, 6.45) is 2.27. The monoisotopic (exact) mass is 446 g/mol. The number of fused-ring (bicyclic) bond motifs is 2. The summed E-state index contributed by atoms with van der Waals surface area (Å²) in [5.41, 5.74) is 9.09. The summed E-state index contributed by atoms with van der Waals surface area (Å²) in [6, 6.07) is 14.2. The first-order valence-corrected chi connectivity index (χ1v) is 10.7. The number of benzene rings is 2. The summed E-state index contributed by atoms with van der Waals surface area (Å²) in [5, 5.41) is 17.3. The molecule has 1 amide bonds. The molecule has 4 N–H and O–H groups in total. The van der Waals surface area contributed by atoms with Crippen molar-refractivity contribution in [1.29, 1.82) is 0 Å². The molecule has 0 saturated carbocycles. The minimum Gasteiger partial charge on any atom is -0.507 e. The first kappa shape index (κ1) is 22.2. The number of aromatic hydroxyl groups is 1. The van der Waals surface area contributed by atoms with E-state index in [4.69, 9.17) is 10.5 Å². The van der Waals surface area contributed by atoms with Gasteiger partial charge in [0.15, 0.2) is 5.65 Å². The van der Waals surface area contributed by atoms with Crippen LogP contribution in [-0.4, -0.2) is 51.1 Å². The predicted molar refractivity (Wildman–Crippen MR) is 129 cm³/mol. The van der Waals surface area contributed by atoms with E-state index in [-0.39, 0.29) is 29.1 Å². The summed E-state index contributed by atoms with van der Waals surface area (Å²) in [7, 11) is 0. The van der Waals surface area contributed by atoms with Crippen molar-refractivity contribution in [2.45, 2.75) is 26.4 Å². The molecule has 2 heterocycles. The van der Waals surface area contributed by atoms with Crippen molar-refractivity contribution in [2.24, 2.45) is 5.10 Å². The number of nitrogen functional groups attached to an aromatic ring is 1. The SMILES string of the molecule is CC(C)OCCCNC(=O)c1c(N)n(/N=C\c2ccccc2O)c2nc3ccccc3nc12. The first-order chi connectivity index (χ1) is 16.0. The zero-order valence-corrected chi connectivity index (χ0v) is 18.5. The molecule has 0 bridgehead atoms. The number of hydrogen-bond donors (Lipinski definition) is 3. The lowest BCUT2D eigenvalue weighted by Crippen LogP contribution is -2.26. The molecule has 0 spiro atoms. The average molecular weight is 447 g/mol. The zero-order chi connectivity index (χ0) is 23.4. The van der Waals surface area contributed by atoms with Crippen LogP contribution in [0.2, 0.25) is 0 Å². The Kier molecular flexibility index (Phi) is 6.50. The molecule has 9 heteroatoms. The Morgan fingerprint density at radius 3 is 2.61 bits per heavy atom. The summed E-state index contributed by atoms with van der Waals surface area (Å²) < 4.78 is 6.89. The molecular formula is C24H26N6O3. The molecular weight excluding hydrogens is 420 g/mol. The highest BCUT2D eigenvalue weighted by Gasteiger charge is 2.24. The highest BCUT2D eigenvalue weighted by atomic mass is 16.5. The van der Waals surface area contributed by atoms with Crippen LogP contribution >= 0.6 is 0 Å². The Morgan fingerprint density at radius 1 is 1.18 bits per heavy atom. The number of aromatic nitrogens is 3. The van der Waals surface area contributed by atoms with Gasteiger partial charge in [-0.2, -0.15) is 9.78 Å². The fraction of sp³-hybridized carbons (Fsp3) is 0.250. The van der Waals surface area contributed by atoms with Crippen LogP contribution in [0, 0.1) is 0 Å².